The van der Waals surface area contributed by atoms with E-state index in [9.17, 15) is 14.7 Å². The fourth-order valence-corrected chi connectivity index (χ4v) is 4.56. The van der Waals surface area contributed by atoms with E-state index in [1.807, 2.05) is 32.9 Å². The maximum atomic E-state index is 13.5. The van der Waals surface area contributed by atoms with E-state index in [1.165, 1.54) is 9.80 Å². The molecule has 1 aliphatic rings. The van der Waals surface area contributed by atoms with Gasteiger partial charge in [-0.15, -0.1) is 12.6 Å². The zero-order valence-electron chi connectivity index (χ0n) is 17.8. The minimum absolute atomic E-state index is 0.00226. The molecule has 31 heavy (non-hydrogen) atoms. The Balaban J connectivity index is 2.03. The number of nitrogens with one attached hydrogen (secondary N) is 1. The van der Waals surface area contributed by atoms with Crippen LogP contribution in [0.2, 0.25) is 0 Å². The van der Waals surface area contributed by atoms with Crippen molar-refractivity contribution in [2.45, 2.75) is 44.6 Å². The van der Waals surface area contributed by atoms with Crippen LogP contribution in [0.4, 0.5) is 10.5 Å². The van der Waals surface area contributed by atoms with Crippen LogP contribution in [0.1, 0.15) is 42.0 Å². The summed E-state index contributed by atoms with van der Waals surface area (Å²) in [7, 11) is 0. The number of anilines is 1. The molecule has 2 N–H and O–H groups in total. The Morgan fingerprint density at radius 1 is 1.35 bits per heavy atom. The lowest BCUT2D eigenvalue weighted by Gasteiger charge is -2.41. The van der Waals surface area contributed by atoms with Gasteiger partial charge in [0.15, 0.2) is 0 Å². The third kappa shape index (κ3) is 4.34. The van der Waals surface area contributed by atoms with Gasteiger partial charge in [-0.1, -0.05) is 19.6 Å². The molecule has 1 aromatic heterocycles. The topological polar surface area (TPSA) is 97.6 Å². The van der Waals surface area contributed by atoms with Crippen molar-refractivity contribution < 1.29 is 14.7 Å². The molecule has 0 fully saturated rings. The number of carboxylic acids is 1. The monoisotopic (exact) mass is 438 g/mol. The van der Waals surface area contributed by atoms with Crippen LogP contribution in [0.15, 0.2) is 42.1 Å². The first-order valence-electron chi connectivity index (χ1n) is 9.99. The summed E-state index contributed by atoms with van der Waals surface area (Å²) < 4.78 is 0. The van der Waals surface area contributed by atoms with E-state index in [0.29, 0.717) is 33.8 Å². The molecule has 0 bridgehead atoms. The van der Waals surface area contributed by atoms with Gasteiger partial charge in [0.1, 0.15) is 0 Å². The molecule has 0 aliphatic carbocycles. The second-order valence-corrected chi connectivity index (χ2v) is 8.17. The average Bonchev–Trinajstić information content (AvgIpc) is 2.69. The minimum Gasteiger partial charge on any atom is -0.481 e. The fraction of sp³-hybridized carbons (Fsp3) is 0.304. The number of carbonyl (C=O) groups excluding carboxylic acids is 1. The van der Waals surface area contributed by atoms with Crippen LogP contribution < -0.4 is 4.90 Å². The molecule has 1 atom stereocenters. The number of carbonyl (C=O) groups is 2. The number of benzene rings is 1. The van der Waals surface area contributed by atoms with Crippen molar-refractivity contribution in [1.82, 2.24) is 9.88 Å². The second kappa shape index (κ2) is 8.93. The van der Waals surface area contributed by atoms with Crippen LogP contribution in [-0.4, -0.2) is 45.3 Å². The highest BCUT2D eigenvalue weighted by Crippen LogP contribution is 2.37. The van der Waals surface area contributed by atoms with Crippen LogP contribution in [0.5, 0.6) is 0 Å². The van der Waals surface area contributed by atoms with Gasteiger partial charge < -0.3 is 10.5 Å². The SMILES string of the molecule is C=C1c2ccncc2N(CC(=N)c2c(C)cc(C)cc2S)C(=O)N1C(CC)CC(=O)O. The quantitative estimate of drug-likeness (QED) is 0.437. The predicted molar refractivity (Wildman–Crippen MR) is 124 cm³/mol. The Kier molecular flexibility index (Phi) is 6.50. The zero-order chi connectivity index (χ0) is 22.9. The molecule has 8 heteroatoms. The summed E-state index contributed by atoms with van der Waals surface area (Å²) in [4.78, 5) is 32.6. The summed E-state index contributed by atoms with van der Waals surface area (Å²) in [5.74, 6) is -0.984. The van der Waals surface area contributed by atoms with Gasteiger partial charge in [0.2, 0.25) is 0 Å². The second-order valence-electron chi connectivity index (χ2n) is 7.69. The van der Waals surface area contributed by atoms with Crippen molar-refractivity contribution in [3.63, 3.8) is 0 Å². The van der Waals surface area contributed by atoms with Crippen molar-refractivity contribution in [3.05, 3.63) is 59.4 Å². The van der Waals surface area contributed by atoms with Gasteiger partial charge in [-0.05, 0) is 43.5 Å². The average molecular weight is 439 g/mol. The van der Waals surface area contributed by atoms with Crippen molar-refractivity contribution >= 4 is 41.7 Å². The highest BCUT2D eigenvalue weighted by atomic mass is 32.1. The molecule has 7 nitrogen and oxygen atoms in total. The Bertz CT molecular complexity index is 1060. The number of pyridine rings is 1. The van der Waals surface area contributed by atoms with E-state index in [2.05, 4.69) is 24.2 Å². The summed E-state index contributed by atoms with van der Waals surface area (Å²) in [6, 6.07) is 4.67. The molecule has 1 aromatic carbocycles. The molecule has 2 aromatic rings. The van der Waals surface area contributed by atoms with Gasteiger partial charge in [0, 0.05) is 34.0 Å². The first-order valence-corrected chi connectivity index (χ1v) is 10.4. The Labute approximate surface area is 187 Å². The molecular weight excluding hydrogens is 412 g/mol. The van der Waals surface area contributed by atoms with Crippen LogP contribution in [0, 0.1) is 19.3 Å². The largest absolute Gasteiger partial charge is 0.481 e. The molecule has 0 spiro atoms. The minimum atomic E-state index is -0.984. The molecule has 2 heterocycles. The number of hydrogen-bond acceptors (Lipinski definition) is 5. The van der Waals surface area contributed by atoms with E-state index >= 15 is 0 Å². The van der Waals surface area contributed by atoms with E-state index in [-0.39, 0.29) is 18.7 Å². The van der Waals surface area contributed by atoms with E-state index < -0.39 is 18.0 Å². The maximum absolute atomic E-state index is 13.5. The van der Waals surface area contributed by atoms with Crippen LogP contribution in [0.25, 0.3) is 5.70 Å². The summed E-state index contributed by atoms with van der Waals surface area (Å²) in [5, 5.41) is 18.1. The molecule has 0 saturated carbocycles. The van der Waals surface area contributed by atoms with Gasteiger partial charge in [0.25, 0.3) is 0 Å². The number of amides is 2. The van der Waals surface area contributed by atoms with Gasteiger partial charge >= 0.3 is 12.0 Å². The van der Waals surface area contributed by atoms with Crippen molar-refractivity contribution in [1.29, 1.82) is 5.41 Å². The summed E-state index contributed by atoms with van der Waals surface area (Å²) >= 11 is 4.54. The maximum Gasteiger partial charge on any atom is 0.329 e. The highest BCUT2D eigenvalue weighted by Gasteiger charge is 2.38. The lowest BCUT2D eigenvalue weighted by atomic mass is 9.99. The van der Waals surface area contributed by atoms with Crippen molar-refractivity contribution in [3.8, 4) is 0 Å². The first-order chi connectivity index (χ1) is 14.6. The van der Waals surface area contributed by atoms with Crippen molar-refractivity contribution in [2.24, 2.45) is 0 Å². The zero-order valence-corrected chi connectivity index (χ0v) is 18.7. The molecule has 0 saturated heterocycles. The summed E-state index contributed by atoms with van der Waals surface area (Å²) in [6.45, 7) is 9.79. The number of thiol groups is 1. The number of hydrogen-bond donors (Lipinski definition) is 3. The van der Waals surface area contributed by atoms with Gasteiger partial charge in [-0.2, -0.15) is 0 Å². The first kappa shape index (κ1) is 22.6. The molecule has 1 aliphatic heterocycles. The highest BCUT2D eigenvalue weighted by molar-refractivity contribution is 7.80. The van der Waals surface area contributed by atoms with Gasteiger partial charge in [-0.3, -0.25) is 19.6 Å². The lowest BCUT2D eigenvalue weighted by Crippen LogP contribution is -2.52. The van der Waals surface area contributed by atoms with E-state index in [1.54, 1.807) is 18.5 Å². The molecule has 162 valence electrons. The van der Waals surface area contributed by atoms with Crippen molar-refractivity contribution in [2.75, 3.05) is 11.4 Å². The summed E-state index contributed by atoms with van der Waals surface area (Å²) in [6.07, 6.45) is 3.45. The molecular formula is C23H26N4O3S. The van der Waals surface area contributed by atoms with Crippen LogP contribution in [0.3, 0.4) is 0 Å². The van der Waals surface area contributed by atoms with Gasteiger partial charge in [-0.25, -0.2) is 4.79 Å². The smallest absolute Gasteiger partial charge is 0.329 e. The normalized spacial score (nSPS) is 14.5. The Morgan fingerprint density at radius 2 is 2.06 bits per heavy atom. The number of aliphatic carboxylic acids is 1. The number of urea groups is 1. The van der Waals surface area contributed by atoms with Crippen LogP contribution in [-0.2, 0) is 4.79 Å². The molecule has 0 radical (unpaired) electrons. The number of rotatable bonds is 7. The molecule has 1 unspecified atom stereocenters. The number of aryl methyl sites for hydroxylation is 2. The Morgan fingerprint density at radius 3 is 2.68 bits per heavy atom. The van der Waals surface area contributed by atoms with Crippen LogP contribution >= 0.6 is 12.6 Å². The fourth-order valence-electron chi connectivity index (χ4n) is 4.05. The molecule has 2 amide bonds. The number of nitrogens with zero attached hydrogens (tertiary/aromatic N) is 3. The molecule has 3 rings (SSSR count). The third-order valence-electron chi connectivity index (χ3n) is 5.45. The van der Waals surface area contributed by atoms with E-state index in [4.69, 9.17) is 5.41 Å². The summed E-state index contributed by atoms with van der Waals surface area (Å²) in [5.41, 5.74) is 4.56. The number of fused-ring (bicyclic) bond motifs is 1. The Hall–Kier alpha value is -3.13. The number of aromatic nitrogens is 1. The lowest BCUT2D eigenvalue weighted by molar-refractivity contribution is -0.137. The van der Waals surface area contributed by atoms with Gasteiger partial charge in [0.05, 0.1) is 30.6 Å². The predicted octanol–water partition coefficient (Wildman–Crippen LogP) is 4.52. The number of carboxylic acid groups (broad SMARTS) is 1. The standard InChI is InChI=1S/C23H26N4O3S/c1-5-16(10-21(28)29)27-15(4)17-6-7-25-11-19(17)26(23(27)30)12-18(24)22-14(3)8-13(2)9-20(22)31/h6-9,11,16,24,31H,4-5,10,12H2,1-3H3,(H,28,29). The third-order valence-corrected chi connectivity index (χ3v) is 5.81. The van der Waals surface area contributed by atoms with E-state index in [0.717, 1.165) is 11.1 Å².